The molecule has 0 spiro atoms. The molecule has 1 saturated heterocycles. The molecule has 1 amide bonds. The molecule has 3 rings (SSSR count). The summed E-state index contributed by atoms with van der Waals surface area (Å²) in [6, 6.07) is 0.416. The lowest BCUT2D eigenvalue weighted by atomic mass is 9.88. The lowest BCUT2D eigenvalue weighted by Crippen LogP contribution is -2.53. The van der Waals surface area contributed by atoms with Gasteiger partial charge < -0.3 is 15.4 Å². The highest BCUT2D eigenvalue weighted by Gasteiger charge is 2.43. The smallest absolute Gasteiger partial charge is 0.237 e. The van der Waals surface area contributed by atoms with E-state index >= 15 is 0 Å². The van der Waals surface area contributed by atoms with Crippen LogP contribution in [0.25, 0.3) is 0 Å². The van der Waals surface area contributed by atoms with E-state index in [1.807, 2.05) is 0 Å². The van der Waals surface area contributed by atoms with Crippen LogP contribution in [0.3, 0.4) is 0 Å². The molecule has 3 aliphatic rings. The predicted molar refractivity (Wildman–Crippen MR) is 64.6 cm³/mol. The zero-order chi connectivity index (χ0) is 11.8. The normalized spacial score (nSPS) is 44.2. The molecular formula is C13H22N2O2. The fourth-order valence-electron chi connectivity index (χ4n) is 3.64. The number of fused-ring (bicyclic) bond motifs is 1. The Morgan fingerprint density at radius 2 is 2.18 bits per heavy atom. The fourth-order valence-corrected chi connectivity index (χ4v) is 3.64. The van der Waals surface area contributed by atoms with E-state index in [1.54, 1.807) is 7.11 Å². The van der Waals surface area contributed by atoms with E-state index in [2.05, 4.69) is 10.6 Å². The van der Waals surface area contributed by atoms with Crippen LogP contribution in [0.4, 0.5) is 0 Å². The average Bonchev–Trinajstić information content (AvgIpc) is 2.83. The number of ether oxygens (including phenoxy) is 1. The van der Waals surface area contributed by atoms with Gasteiger partial charge in [0.25, 0.3) is 0 Å². The molecule has 3 fully saturated rings. The summed E-state index contributed by atoms with van der Waals surface area (Å²) in [5.41, 5.74) is 0. The Kier molecular flexibility index (Phi) is 3.09. The lowest BCUT2D eigenvalue weighted by molar-refractivity contribution is -0.126. The van der Waals surface area contributed by atoms with E-state index in [0.717, 1.165) is 25.3 Å². The number of nitrogens with one attached hydrogen (secondary N) is 2. The largest absolute Gasteiger partial charge is 0.381 e. The van der Waals surface area contributed by atoms with Crippen molar-refractivity contribution in [2.75, 3.05) is 13.7 Å². The van der Waals surface area contributed by atoms with Crippen LogP contribution in [0.5, 0.6) is 0 Å². The van der Waals surface area contributed by atoms with E-state index < -0.39 is 0 Å². The highest BCUT2D eigenvalue weighted by molar-refractivity contribution is 5.83. The van der Waals surface area contributed by atoms with Crippen LogP contribution < -0.4 is 10.6 Å². The molecule has 0 aromatic heterocycles. The first-order chi connectivity index (χ1) is 8.28. The van der Waals surface area contributed by atoms with Crippen LogP contribution in [0.1, 0.15) is 32.1 Å². The molecule has 1 heterocycles. The van der Waals surface area contributed by atoms with Gasteiger partial charge in [0.05, 0.1) is 12.1 Å². The maximum absolute atomic E-state index is 12.2. The maximum Gasteiger partial charge on any atom is 0.237 e. The van der Waals surface area contributed by atoms with Gasteiger partial charge in [0.1, 0.15) is 0 Å². The molecule has 0 radical (unpaired) electrons. The SMILES string of the molecule is COC1CC(NC(=O)C2NCC3CCCC32)C1. The molecule has 2 saturated carbocycles. The summed E-state index contributed by atoms with van der Waals surface area (Å²) in [4.78, 5) is 12.2. The lowest BCUT2D eigenvalue weighted by Gasteiger charge is -2.35. The number of carbonyl (C=O) groups excluding carboxylic acids is 1. The minimum absolute atomic E-state index is 0.0732. The molecule has 17 heavy (non-hydrogen) atoms. The van der Waals surface area contributed by atoms with E-state index in [1.165, 1.54) is 19.3 Å². The molecule has 2 N–H and O–H groups in total. The van der Waals surface area contributed by atoms with E-state index in [-0.39, 0.29) is 11.9 Å². The van der Waals surface area contributed by atoms with Gasteiger partial charge in [0.2, 0.25) is 5.91 Å². The summed E-state index contributed by atoms with van der Waals surface area (Å²) >= 11 is 0. The van der Waals surface area contributed by atoms with Crippen molar-refractivity contribution >= 4 is 5.91 Å². The number of carbonyl (C=O) groups is 1. The van der Waals surface area contributed by atoms with Gasteiger partial charge in [0.15, 0.2) is 0 Å². The third-order valence-corrected chi connectivity index (χ3v) is 4.80. The van der Waals surface area contributed by atoms with Crippen molar-refractivity contribution in [3.8, 4) is 0 Å². The van der Waals surface area contributed by atoms with Crippen LogP contribution in [0, 0.1) is 11.8 Å². The van der Waals surface area contributed by atoms with Gasteiger partial charge in [0, 0.05) is 13.2 Å². The summed E-state index contributed by atoms with van der Waals surface area (Å²) in [7, 11) is 1.74. The Morgan fingerprint density at radius 3 is 2.94 bits per heavy atom. The first-order valence-corrected chi connectivity index (χ1v) is 6.84. The van der Waals surface area contributed by atoms with Crippen LogP contribution >= 0.6 is 0 Å². The molecule has 1 aliphatic heterocycles. The standard InChI is InChI=1S/C13H22N2O2/c1-17-10-5-9(6-10)15-13(16)12-11-4-2-3-8(11)7-14-12/h8-12,14H,2-7H2,1H3,(H,15,16). The summed E-state index contributed by atoms with van der Waals surface area (Å²) < 4.78 is 5.23. The van der Waals surface area contributed by atoms with Crippen molar-refractivity contribution in [2.24, 2.45) is 11.8 Å². The average molecular weight is 238 g/mol. The first-order valence-electron chi connectivity index (χ1n) is 6.84. The van der Waals surface area contributed by atoms with Gasteiger partial charge in [-0.2, -0.15) is 0 Å². The van der Waals surface area contributed by atoms with E-state index in [9.17, 15) is 4.79 Å². The van der Waals surface area contributed by atoms with Crippen molar-refractivity contribution < 1.29 is 9.53 Å². The zero-order valence-electron chi connectivity index (χ0n) is 10.4. The molecule has 0 aromatic carbocycles. The minimum atomic E-state index is 0.0732. The van der Waals surface area contributed by atoms with Gasteiger partial charge >= 0.3 is 0 Å². The summed E-state index contributed by atoms with van der Waals surface area (Å²) in [6.07, 6.45) is 6.14. The second-order valence-electron chi connectivity index (χ2n) is 5.78. The van der Waals surface area contributed by atoms with Crippen LogP contribution in [0.2, 0.25) is 0 Å². The highest BCUT2D eigenvalue weighted by Crippen LogP contribution is 2.37. The number of rotatable bonds is 3. The molecule has 2 aliphatic carbocycles. The predicted octanol–water partition coefficient (Wildman–Crippen LogP) is 0.668. The second-order valence-corrected chi connectivity index (χ2v) is 5.78. The Bertz CT molecular complexity index is 302. The van der Waals surface area contributed by atoms with Gasteiger partial charge in [-0.05, 0) is 44.1 Å². The third kappa shape index (κ3) is 2.08. The van der Waals surface area contributed by atoms with Crippen molar-refractivity contribution in [2.45, 2.75) is 50.3 Å². The second kappa shape index (κ2) is 4.58. The minimum Gasteiger partial charge on any atom is -0.381 e. The molecular weight excluding hydrogens is 216 g/mol. The summed E-state index contributed by atoms with van der Waals surface area (Å²) in [5, 5.41) is 6.55. The van der Waals surface area contributed by atoms with E-state index in [4.69, 9.17) is 4.74 Å². The van der Waals surface area contributed by atoms with Crippen molar-refractivity contribution in [1.82, 2.24) is 10.6 Å². The molecule has 96 valence electrons. The highest BCUT2D eigenvalue weighted by atomic mass is 16.5. The Balaban J connectivity index is 1.50. The summed E-state index contributed by atoms with van der Waals surface area (Å²) in [6.45, 7) is 1.04. The number of methoxy groups -OCH3 is 1. The fraction of sp³-hybridized carbons (Fsp3) is 0.923. The molecule has 4 heteroatoms. The maximum atomic E-state index is 12.2. The third-order valence-electron chi connectivity index (χ3n) is 4.80. The van der Waals surface area contributed by atoms with Gasteiger partial charge in [-0.3, -0.25) is 4.79 Å². The molecule has 0 aromatic rings. The quantitative estimate of drug-likeness (QED) is 0.760. The van der Waals surface area contributed by atoms with Crippen LogP contribution in [-0.2, 0) is 9.53 Å². The van der Waals surface area contributed by atoms with Crippen LogP contribution in [-0.4, -0.2) is 37.7 Å². The van der Waals surface area contributed by atoms with Crippen molar-refractivity contribution in [3.63, 3.8) is 0 Å². The summed E-state index contributed by atoms with van der Waals surface area (Å²) in [5.74, 6) is 1.56. The number of hydrogen-bond acceptors (Lipinski definition) is 3. The Hall–Kier alpha value is -0.610. The molecule has 3 unspecified atom stereocenters. The van der Waals surface area contributed by atoms with E-state index in [0.29, 0.717) is 18.1 Å². The van der Waals surface area contributed by atoms with Crippen molar-refractivity contribution in [1.29, 1.82) is 0 Å². The molecule has 0 bridgehead atoms. The first kappa shape index (κ1) is 11.5. The number of hydrogen-bond donors (Lipinski definition) is 2. The van der Waals surface area contributed by atoms with Gasteiger partial charge in [-0.25, -0.2) is 0 Å². The Morgan fingerprint density at radius 1 is 1.35 bits per heavy atom. The monoisotopic (exact) mass is 238 g/mol. The molecule has 3 atom stereocenters. The van der Waals surface area contributed by atoms with Gasteiger partial charge in [-0.15, -0.1) is 0 Å². The Labute approximate surface area is 102 Å². The van der Waals surface area contributed by atoms with Crippen LogP contribution in [0.15, 0.2) is 0 Å². The molecule has 4 nitrogen and oxygen atoms in total. The van der Waals surface area contributed by atoms with Crippen molar-refractivity contribution in [3.05, 3.63) is 0 Å². The number of amides is 1. The topological polar surface area (TPSA) is 50.4 Å². The zero-order valence-corrected chi connectivity index (χ0v) is 10.4. The van der Waals surface area contributed by atoms with Gasteiger partial charge in [-0.1, -0.05) is 6.42 Å².